The van der Waals surface area contributed by atoms with Gasteiger partial charge < -0.3 is 14.6 Å². The summed E-state index contributed by atoms with van der Waals surface area (Å²) in [7, 11) is 3.67. The van der Waals surface area contributed by atoms with E-state index in [1.54, 1.807) is 47.2 Å². The molecule has 3 aromatic heterocycles. The number of hydrogen-bond donors (Lipinski definition) is 1. The van der Waals surface area contributed by atoms with Gasteiger partial charge in [-0.1, -0.05) is 32.4 Å². The summed E-state index contributed by atoms with van der Waals surface area (Å²) in [5.74, 6) is 0.975. The van der Waals surface area contributed by atoms with Crippen LogP contribution in [0.3, 0.4) is 0 Å². The second-order valence-electron chi connectivity index (χ2n) is 12.8. The Bertz CT molecular complexity index is 1930. The van der Waals surface area contributed by atoms with Crippen LogP contribution in [-0.2, 0) is 17.3 Å². The topological polar surface area (TPSA) is 88.9 Å². The molecule has 1 aliphatic heterocycles. The van der Waals surface area contributed by atoms with Crippen LogP contribution < -0.4 is 4.74 Å². The van der Waals surface area contributed by atoms with Gasteiger partial charge in [-0.05, 0) is 83.7 Å². The number of benzene rings is 2. The molecular weight excluding hydrogens is 682 g/mol. The molecule has 4 bridgehead atoms. The van der Waals surface area contributed by atoms with Gasteiger partial charge in [-0.15, -0.1) is 0 Å². The molecule has 0 spiro atoms. The van der Waals surface area contributed by atoms with Crippen molar-refractivity contribution in [1.82, 2.24) is 29.6 Å². The van der Waals surface area contributed by atoms with Crippen LogP contribution in [0.1, 0.15) is 57.0 Å². The minimum Gasteiger partial charge on any atom is -0.453 e. The highest BCUT2D eigenvalue weighted by Gasteiger charge is 2.35. The van der Waals surface area contributed by atoms with E-state index in [2.05, 4.69) is 77.6 Å². The predicted octanol–water partition coefficient (Wildman–Crippen LogP) is 7.88. The van der Waals surface area contributed by atoms with Crippen molar-refractivity contribution >= 4 is 45.5 Å². The number of H-pyrrole nitrogens is 1. The van der Waals surface area contributed by atoms with Gasteiger partial charge in [0.2, 0.25) is 5.91 Å². The summed E-state index contributed by atoms with van der Waals surface area (Å²) in [5, 5.41) is 5.67. The van der Waals surface area contributed by atoms with Crippen LogP contribution in [0.15, 0.2) is 67.0 Å². The van der Waals surface area contributed by atoms with Crippen molar-refractivity contribution in [3.63, 3.8) is 0 Å². The molecule has 4 heterocycles. The Morgan fingerprint density at radius 1 is 1.04 bits per heavy atom. The number of aromatic amines is 1. The number of likely N-dealkylation sites (N-methyl/N-ethyl adjacent to an activating group) is 1. The lowest BCUT2D eigenvalue weighted by Crippen LogP contribution is -2.35. The fourth-order valence-corrected chi connectivity index (χ4v) is 6.77. The standard InChI is InChI=1S/C35H36FIN6O2/c1-34(2)14-7-15-35(3,22-8-6-9-23(37)18-22)33-40-32(43(5)41-33)29-19-24(12-16-39-29)45-31-26(10-11-30(44)42(4)21-34)25-13-17-38-28(25)20-27(31)36/h6,8-13,16-20,38H,7,14-15,21H2,1-5H3/b11-10+/t35-/m1/s1. The first-order chi connectivity index (χ1) is 21.4. The van der Waals surface area contributed by atoms with E-state index in [1.165, 1.54) is 12.1 Å². The molecule has 6 rings (SSSR count). The van der Waals surface area contributed by atoms with E-state index in [-0.39, 0.29) is 17.1 Å². The van der Waals surface area contributed by atoms with Crippen molar-refractivity contribution in [1.29, 1.82) is 0 Å². The normalized spacial score (nSPS) is 19.7. The zero-order chi connectivity index (χ0) is 31.9. The van der Waals surface area contributed by atoms with E-state index >= 15 is 4.39 Å². The molecule has 10 heteroatoms. The van der Waals surface area contributed by atoms with Crippen LogP contribution in [0.25, 0.3) is 28.5 Å². The van der Waals surface area contributed by atoms with Crippen LogP contribution in [0.5, 0.6) is 11.5 Å². The molecule has 1 N–H and O–H groups in total. The number of nitrogens with one attached hydrogen (secondary N) is 1. The van der Waals surface area contributed by atoms with Gasteiger partial charge in [-0.3, -0.25) is 9.78 Å². The molecule has 0 aliphatic carbocycles. The smallest absolute Gasteiger partial charge is 0.246 e. The summed E-state index contributed by atoms with van der Waals surface area (Å²) in [6, 6.07) is 15.1. The number of aryl methyl sites for hydroxylation is 1. The largest absolute Gasteiger partial charge is 0.453 e. The van der Waals surface area contributed by atoms with Crippen LogP contribution in [0.4, 0.5) is 4.39 Å². The zero-order valence-corrected chi connectivity index (χ0v) is 28.2. The summed E-state index contributed by atoms with van der Waals surface area (Å²) in [6.45, 7) is 7.12. The summed E-state index contributed by atoms with van der Waals surface area (Å²) in [5.41, 5.74) is 2.14. The van der Waals surface area contributed by atoms with Crippen LogP contribution in [-0.4, -0.2) is 49.1 Å². The predicted molar refractivity (Wildman–Crippen MR) is 182 cm³/mol. The third-order valence-electron chi connectivity index (χ3n) is 8.66. The molecule has 1 amide bonds. The van der Waals surface area contributed by atoms with Crippen molar-refractivity contribution in [2.24, 2.45) is 12.5 Å². The van der Waals surface area contributed by atoms with E-state index in [0.717, 1.165) is 33.8 Å². The molecule has 45 heavy (non-hydrogen) atoms. The second-order valence-corrected chi connectivity index (χ2v) is 14.0. The molecule has 0 unspecified atom stereocenters. The number of amides is 1. The zero-order valence-electron chi connectivity index (χ0n) is 26.1. The van der Waals surface area contributed by atoms with Crippen LogP contribution in [0.2, 0.25) is 0 Å². The highest BCUT2D eigenvalue weighted by atomic mass is 127. The fraction of sp³-hybridized carbons (Fsp3) is 0.314. The van der Waals surface area contributed by atoms with Crippen molar-refractivity contribution in [3.8, 4) is 23.0 Å². The minimum absolute atomic E-state index is 0.0223. The molecule has 0 saturated carbocycles. The quantitative estimate of drug-likeness (QED) is 0.178. The first-order valence-corrected chi connectivity index (χ1v) is 16.1. The van der Waals surface area contributed by atoms with Gasteiger partial charge in [-0.25, -0.2) is 14.1 Å². The fourth-order valence-electron chi connectivity index (χ4n) is 6.22. The maximum Gasteiger partial charge on any atom is 0.246 e. The second kappa shape index (κ2) is 12.0. The van der Waals surface area contributed by atoms with Gasteiger partial charge in [0.1, 0.15) is 11.4 Å². The van der Waals surface area contributed by atoms with E-state index in [0.29, 0.717) is 40.7 Å². The molecule has 8 nitrogen and oxygen atoms in total. The molecule has 0 radical (unpaired) electrons. The summed E-state index contributed by atoms with van der Waals surface area (Å²) < 4.78 is 24.7. The van der Waals surface area contributed by atoms with Gasteiger partial charge in [0.25, 0.3) is 0 Å². The number of aromatic nitrogens is 5. The number of nitrogens with zero attached hydrogens (tertiary/aromatic N) is 5. The Balaban J connectivity index is 1.50. The first-order valence-electron chi connectivity index (χ1n) is 15.0. The number of carbonyl (C=O) groups is 1. The SMILES string of the molecule is CN1CC(C)(C)CCC[C@](C)(c2cccc(I)c2)c2nc(n(C)n2)-c2cc(ccn2)Oc2c(F)cc3[nH]ccc3c2/C=C/C1=O. The van der Waals surface area contributed by atoms with Crippen molar-refractivity contribution in [2.75, 3.05) is 13.6 Å². The third kappa shape index (κ3) is 6.25. The molecule has 232 valence electrons. The van der Waals surface area contributed by atoms with E-state index in [4.69, 9.17) is 14.8 Å². The molecule has 2 aromatic carbocycles. The number of pyridine rings is 1. The number of carbonyl (C=O) groups excluding carboxylic acids is 1. The average molecular weight is 719 g/mol. The number of fused-ring (bicyclic) bond motifs is 8. The Labute approximate surface area is 275 Å². The van der Waals surface area contributed by atoms with E-state index < -0.39 is 11.2 Å². The van der Waals surface area contributed by atoms with Crippen molar-refractivity contribution in [2.45, 2.75) is 45.4 Å². The van der Waals surface area contributed by atoms with Crippen LogP contribution >= 0.6 is 22.6 Å². The molecule has 0 fully saturated rings. The Morgan fingerprint density at radius 2 is 1.87 bits per heavy atom. The van der Waals surface area contributed by atoms with Crippen molar-refractivity contribution in [3.05, 3.63) is 93.3 Å². The summed E-state index contributed by atoms with van der Waals surface area (Å²) >= 11 is 2.34. The molecule has 5 aromatic rings. The summed E-state index contributed by atoms with van der Waals surface area (Å²) in [6.07, 6.45) is 9.09. The average Bonchev–Trinajstić information content (AvgIpc) is 3.62. The number of rotatable bonds is 1. The van der Waals surface area contributed by atoms with Gasteiger partial charge in [0, 0.05) is 71.3 Å². The number of ether oxygens (including phenoxy) is 1. The highest BCUT2D eigenvalue weighted by Crippen LogP contribution is 2.40. The Kier molecular flexibility index (Phi) is 8.28. The van der Waals surface area contributed by atoms with E-state index in [1.807, 2.05) is 13.1 Å². The maximum atomic E-state index is 15.6. The number of hydrogen-bond acceptors (Lipinski definition) is 5. The lowest BCUT2D eigenvalue weighted by Gasteiger charge is -2.32. The van der Waals surface area contributed by atoms with E-state index in [9.17, 15) is 4.79 Å². The molecular formula is C35H36FIN6O2. The highest BCUT2D eigenvalue weighted by molar-refractivity contribution is 14.1. The summed E-state index contributed by atoms with van der Waals surface area (Å²) in [4.78, 5) is 27.8. The Morgan fingerprint density at radius 3 is 2.67 bits per heavy atom. The van der Waals surface area contributed by atoms with Gasteiger partial charge in [0.05, 0.1) is 5.41 Å². The third-order valence-corrected chi connectivity index (χ3v) is 9.34. The number of halogens is 2. The Hall–Kier alpha value is -4.06. The van der Waals surface area contributed by atoms with Gasteiger partial charge in [-0.2, -0.15) is 5.10 Å². The lowest BCUT2D eigenvalue weighted by molar-refractivity contribution is -0.126. The molecule has 0 saturated heterocycles. The molecule has 1 atom stereocenters. The first kappa shape index (κ1) is 30.9. The minimum atomic E-state index is -0.551. The van der Waals surface area contributed by atoms with Crippen molar-refractivity contribution < 1.29 is 13.9 Å². The monoisotopic (exact) mass is 718 g/mol. The van der Waals surface area contributed by atoms with Gasteiger partial charge >= 0.3 is 0 Å². The lowest BCUT2D eigenvalue weighted by atomic mass is 9.75. The molecule has 1 aliphatic rings. The van der Waals surface area contributed by atoms with Gasteiger partial charge in [0.15, 0.2) is 23.2 Å². The maximum absolute atomic E-state index is 15.6. The van der Waals surface area contributed by atoms with Crippen LogP contribution in [0, 0.1) is 14.8 Å².